The van der Waals surface area contributed by atoms with E-state index in [0.717, 1.165) is 12.4 Å². The highest BCUT2D eigenvalue weighted by molar-refractivity contribution is 5.83. The molecule has 86 valence electrons. The molecule has 1 saturated heterocycles. The van der Waals surface area contributed by atoms with Crippen LogP contribution in [0.15, 0.2) is 4.99 Å². The molecular weight excluding hydrogens is 186 g/mol. The van der Waals surface area contributed by atoms with Crippen molar-refractivity contribution < 1.29 is 0 Å². The molecule has 0 amide bonds. The zero-order valence-electron chi connectivity index (χ0n) is 9.78. The third-order valence-electron chi connectivity index (χ3n) is 3.70. The Morgan fingerprint density at radius 2 is 1.93 bits per heavy atom. The summed E-state index contributed by atoms with van der Waals surface area (Å²) < 4.78 is 0. The summed E-state index contributed by atoms with van der Waals surface area (Å²) >= 11 is 0. The molecule has 0 spiro atoms. The van der Waals surface area contributed by atoms with Crippen molar-refractivity contribution in [2.24, 2.45) is 16.6 Å². The van der Waals surface area contributed by atoms with Crippen LogP contribution in [0.3, 0.4) is 0 Å². The van der Waals surface area contributed by atoms with Gasteiger partial charge in [0.15, 0.2) is 0 Å². The maximum atomic E-state index is 6.09. The van der Waals surface area contributed by atoms with Gasteiger partial charge in [-0.15, -0.1) is 0 Å². The van der Waals surface area contributed by atoms with E-state index in [0.29, 0.717) is 12.0 Å². The van der Waals surface area contributed by atoms with Gasteiger partial charge in [0.25, 0.3) is 0 Å². The number of hydrogen-bond donors (Lipinski definition) is 1. The molecule has 15 heavy (non-hydrogen) atoms. The Labute approximate surface area is 92.7 Å². The summed E-state index contributed by atoms with van der Waals surface area (Å²) in [6.07, 6.45) is 7.69. The zero-order valence-corrected chi connectivity index (χ0v) is 9.78. The molecule has 0 radical (unpaired) electrons. The fourth-order valence-electron chi connectivity index (χ4n) is 2.78. The smallest absolute Gasteiger partial charge is 0.0972 e. The van der Waals surface area contributed by atoms with Crippen molar-refractivity contribution >= 4 is 5.84 Å². The molecule has 2 rings (SSSR count). The van der Waals surface area contributed by atoms with Crippen molar-refractivity contribution in [1.82, 2.24) is 4.90 Å². The maximum Gasteiger partial charge on any atom is 0.0972 e. The summed E-state index contributed by atoms with van der Waals surface area (Å²) in [5, 5.41) is 0. The van der Waals surface area contributed by atoms with Crippen molar-refractivity contribution in [3.05, 3.63) is 0 Å². The number of piperidine rings is 1. The number of likely N-dealkylation sites (N-methyl/N-ethyl adjacent to an activating group) is 1. The lowest BCUT2D eigenvalue weighted by Gasteiger charge is -2.27. The normalized spacial score (nSPS) is 31.0. The molecule has 1 heterocycles. The molecule has 1 atom stereocenters. The molecule has 0 aromatic carbocycles. The molecule has 1 aliphatic heterocycles. The Bertz CT molecular complexity index is 231. The molecule has 1 saturated carbocycles. The van der Waals surface area contributed by atoms with Gasteiger partial charge in [-0.25, -0.2) is 0 Å². The molecule has 0 aromatic rings. The number of rotatable bonds is 2. The highest BCUT2D eigenvalue weighted by atomic mass is 15.1. The van der Waals surface area contributed by atoms with Crippen LogP contribution in [-0.2, 0) is 0 Å². The number of likely N-dealkylation sites (tertiary alicyclic amines) is 1. The first-order valence-electron chi connectivity index (χ1n) is 6.27. The van der Waals surface area contributed by atoms with E-state index in [1.54, 1.807) is 0 Å². The monoisotopic (exact) mass is 209 g/mol. The molecule has 1 aliphatic carbocycles. The van der Waals surface area contributed by atoms with Crippen molar-refractivity contribution in [2.75, 3.05) is 20.1 Å². The van der Waals surface area contributed by atoms with Crippen LogP contribution in [0.4, 0.5) is 0 Å². The quantitative estimate of drug-likeness (QED) is 0.555. The number of aliphatic imine (C=N–C) groups is 1. The lowest BCUT2D eigenvalue weighted by atomic mass is 10.0. The van der Waals surface area contributed by atoms with Crippen LogP contribution < -0.4 is 5.73 Å². The third kappa shape index (κ3) is 2.94. The lowest BCUT2D eigenvalue weighted by molar-refractivity contribution is 0.252. The average molecular weight is 209 g/mol. The van der Waals surface area contributed by atoms with Gasteiger partial charge in [0.1, 0.15) is 0 Å². The fraction of sp³-hybridized carbons (Fsp3) is 0.917. The minimum absolute atomic E-state index is 0.462. The highest BCUT2D eigenvalue weighted by Crippen LogP contribution is 2.25. The van der Waals surface area contributed by atoms with Gasteiger partial charge in [-0.05, 0) is 39.3 Å². The van der Waals surface area contributed by atoms with E-state index in [9.17, 15) is 0 Å². The predicted octanol–water partition coefficient (Wildman–Crippen LogP) is 1.63. The summed E-state index contributed by atoms with van der Waals surface area (Å²) in [7, 11) is 2.17. The minimum Gasteiger partial charge on any atom is -0.387 e. The van der Waals surface area contributed by atoms with Gasteiger partial charge in [-0.2, -0.15) is 0 Å². The zero-order chi connectivity index (χ0) is 10.7. The lowest BCUT2D eigenvalue weighted by Crippen LogP contribution is -2.36. The standard InChI is InChI=1S/C12H23N3/c1-15-8-4-7-11(9-15)14-12(13)10-5-2-3-6-10/h10-11H,2-9H2,1H3,(H2,13,14). The van der Waals surface area contributed by atoms with E-state index in [2.05, 4.69) is 11.9 Å². The summed E-state index contributed by atoms with van der Waals surface area (Å²) in [5.41, 5.74) is 6.09. The Hall–Kier alpha value is -0.570. The van der Waals surface area contributed by atoms with Gasteiger partial charge < -0.3 is 10.6 Å². The van der Waals surface area contributed by atoms with Crippen LogP contribution >= 0.6 is 0 Å². The minimum atomic E-state index is 0.462. The second-order valence-electron chi connectivity index (χ2n) is 5.09. The van der Waals surface area contributed by atoms with Crippen LogP contribution in [0.5, 0.6) is 0 Å². The Kier molecular flexibility index (Phi) is 3.62. The van der Waals surface area contributed by atoms with Crippen LogP contribution in [0.25, 0.3) is 0 Å². The number of nitrogens with two attached hydrogens (primary N) is 1. The van der Waals surface area contributed by atoms with Gasteiger partial charge in [-0.1, -0.05) is 12.8 Å². The molecule has 0 bridgehead atoms. The molecule has 2 N–H and O–H groups in total. The second-order valence-corrected chi connectivity index (χ2v) is 5.09. The first kappa shape index (κ1) is 10.9. The number of nitrogens with zero attached hydrogens (tertiary/aromatic N) is 2. The molecule has 1 unspecified atom stereocenters. The van der Waals surface area contributed by atoms with Crippen LogP contribution in [-0.4, -0.2) is 36.9 Å². The van der Waals surface area contributed by atoms with Crippen molar-refractivity contribution in [3.63, 3.8) is 0 Å². The number of hydrogen-bond acceptors (Lipinski definition) is 2. The summed E-state index contributed by atoms with van der Waals surface area (Å²) in [6, 6.07) is 0.462. The predicted molar refractivity (Wildman–Crippen MR) is 64.1 cm³/mol. The summed E-state index contributed by atoms with van der Waals surface area (Å²) in [6.45, 7) is 2.31. The van der Waals surface area contributed by atoms with Gasteiger partial charge in [0.2, 0.25) is 0 Å². The first-order valence-corrected chi connectivity index (χ1v) is 6.27. The molecule has 2 fully saturated rings. The van der Waals surface area contributed by atoms with Gasteiger partial charge in [0, 0.05) is 12.5 Å². The van der Waals surface area contributed by atoms with E-state index in [-0.39, 0.29) is 0 Å². The van der Waals surface area contributed by atoms with Crippen molar-refractivity contribution in [3.8, 4) is 0 Å². The summed E-state index contributed by atoms with van der Waals surface area (Å²) in [4.78, 5) is 7.08. The van der Waals surface area contributed by atoms with Crippen LogP contribution in [0.2, 0.25) is 0 Å². The molecule has 0 aromatic heterocycles. The first-order chi connectivity index (χ1) is 7.25. The van der Waals surface area contributed by atoms with Crippen molar-refractivity contribution in [2.45, 2.75) is 44.6 Å². The van der Waals surface area contributed by atoms with Crippen molar-refractivity contribution in [1.29, 1.82) is 0 Å². The molecule has 3 heteroatoms. The highest BCUT2D eigenvalue weighted by Gasteiger charge is 2.21. The van der Waals surface area contributed by atoms with Gasteiger partial charge in [0.05, 0.1) is 11.9 Å². The second kappa shape index (κ2) is 4.97. The molecule has 2 aliphatic rings. The van der Waals surface area contributed by atoms with Gasteiger partial charge >= 0.3 is 0 Å². The third-order valence-corrected chi connectivity index (χ3v) is 3.70. The van der Waals surface area contributed by atoms with E-state index in [1.807, 2.05) is 0 Å². The Morgan fingerprint density at radius 3 is 2.60 bits per heavy atom. The fourth-order valence-corrected chi connectivity index (χ4v) is 2.78. The van der Waals surface area contributed by atoms with E-state index >= 15 is 0 Å². The average Bonchev–Trinajstić information content (AvgIpc) is 2.70. The summed E-state index contributed by atoms with van der Waals surface area (Å²) in [5.74, 6) is 1.53. The number of amidine groups is 1. The van der Waals surface area contributed by atoms with E-state index < -0.39 is 0 Å². The van der Waals surface area contributed by atoms with Gasteiger partial charge in [-0.3, -0.25) is 4.99 Å². The van der Waals surface area contributed by atoms with E-state index in [4.69, 9.17) is 10.7 Å². The topological polar surface area (TPSA) is 41.6 Å². The van der Waals surface area contributed by atoms with Crippen LogP contribution in [0.1, 0.15) is 38.5 Å². The largest absolute Gasteiger partial charge is 0.387 e. The molecule has 3 nitrogen and oxygen atoms in total. The molecular formula is C12H23N3. The Morgan fingerprint density at radius 1 is 1.20 bits per heavy atom. The van der Waals surface area contributed by atoms with E-state index in [1.165, 1.54) is 45.1 Å². The maximum absolute atomic E-state index is 6.09. The SMILES string of the molecule is CN1CCCC(N=C(N)C2CCCC2)C1. The Balaban J connectivity index is 1.89. The van der Waals surface area contributed by atoms with Crippen LogP contribution in [0, 0.1) is 5.92 Å².